The molecule has 2 heterocycles. The van der Waals surface area contributed by atoms with E-state index in [-0.39, 0.29) is 17.7 Å². The number of amides is 3. The van der Waals surface area contributed by atoms with Crippen LogP contribution in [-0.4, -0.2) is 61.5 Å². The number of morpholine rings is 1. The van der Waals surface area contributed by atoms with Crippen LogP contribution in [0.1, 0.15) is 51.4 Å². The lowest BCUT2D eigenvalue weighted by Gasteiger charge is -2.26. The van der Waals surface area contributed by atoms with E-state index in [0.717, 1.165) is 57.1 Å². The van der Waals surface area contributed by atoms with Gasteiger partial charge in [0.2, 0.25) is 17.7 Å². The predicted octanol–water partition coefficient (Wildman–Crippen LogP) is 2.51. The molecular formula is C23H34N4O4. The molecule has 0 spiro atoms. The Morgan fingerprint density at radius 3 is 2.42 bits per heavy atom. The second-order valence-corrected chi connectivity index (χ2v) is 8.25. The molecule has 0 radical (unpaired) electrons. The van der Waals surface area contributed by atoms with Gasteiger partial charge in [0.25, 0.3) is 0 Å². The summed E-state index contributed by atoms with van der Waals surface area (Å²) in [4.78, 5) is 37.6. The van der Waals surface area contributed by atoms with Gasteiger partial charge >= 0.3 is 0 Å². The molecular weight excluding hydrogens is 396 g/mol. The number of carbonyl (C=O) groups excluding carboxylic acids is 3. The lowest BCUT2D eigenvalue weighted by atomic mass is 10.1. The molecule has 1 aromatic carbocycles. The number of benzene rings is 1. The lowest BCUT2D eigenvalue weighted by molar-refractivity contribution is -0.133. The van der Waals surface area contributed by atoms with Crippen LogP contribution in [-0.2, 0) is 19.1 Å². The molecule has 2 saturated heterocycles. The number of nitrogens with one attached hydrogen (secondary N) is 3. The number of nitrogens with zero attached hydrogens (tertiary/aromatic N) is 1. The van der Waals surface area contributed by atoms with E-state index in [9.17, 15) is 14.4 Å². The van der Waals surface area contributed by atoms with Crippen molar-refractivity contribution in [2.45, 2.75) is 57.4 Å². The summed E-state index contributed by atoms with van der Waals surface area (Å²) in [7, 11) is 0. The smallest absolute Gasteiger partial charge is 0.249 e. The predicted molar refractivity (Wildman–Crippen MR) is 120 cm³/mol. The van der Waals surface area contributed by atoms with Crippen LogP contribution < -0.4 is 16.0 Å². The van der Waals surface area contributed by atoms with E-state index in [2.05, 4.69) is 20.9 Å². The number of piperidine rings is 1. The number of rotatable bonds is 11. The average Bonchev–Trinajstić information content (AvgIpc) is 2.77. The van der Waals surface area contributed by atoms with Crippen LogP contribution in [0.15, 0.2) is 24.3 Å². The average molecular weight is 431 g/mol. The number of anilines is 2. The molecule has 3 rings (SSSR count). The lowest BCUT2D eigenvalue weighted by Crippen LogP contribution is -2.47. The van der Waals surface area contributed by atoms with Gasteiger partial charge in [0, 0.05) is 37.3 Å². The molecule has 2 aliphatic rings. The minimum absolute atomic E-state index is 0.0270. The number of hydrogen-bond acceptors (Lipinski definition) is 6. The van der Waals surface area contributed by atoms with Crippen molar-refractivity contribution in [3.8, 4) is 0 Å². The number of unbranched alkanes of at least 4 members (excludes halogenated alkanes) is 4. The maximum atomic E-state index is 12.2. The fourth-order valence-corrected chi connectivity index (χ4v) is 3.88. The Morgan fingerprint density at radius 1 is 1.00 bits per heavy atom. The normalized spacial score (nSPS) is 19.7. The largest absolute Gasteiger partial charge is 0.379 e. The monoisotopic (exact) mass is 430 g/mol. The summed E-state index contributed by atoms with van der Waals surface area (Å²) in [6.07, 6.45) is 6.91. The second-order valence-electron chi connectivity index (χ2n) is 8.25. The number of ether oxygens (including phenoxy) is 1. The minimum Gasteiger partial charge on any atom is -0.379 e. The maximum absolute atomic E-state index is 12.2. The zero-order valence-electron chi connectivity index (χ0n) is 18.2. The molecule has 170 valence electrons. The Balaban J connectivity index is 1.25. The summed E-state index contributed by atoms with van der Waals surface area (Å²) in [5, 5.41) is 8.38. The Labute approximate surface area is 184 Å². The molecule has 0 bridgehead atoms. The summed E-state index contributed by atoms with van der Waals surface area (Å²) >= 11 is 0. The molecule has 2 aliphatic heterocycles. The third kappa shape index (κ3) is 8.30. The van der Waals surface area contributed by atoms with Gasteiger partial charge in [-0.3, -0.25) is 24.6 Å². The molecule has 8 heteroatoms. The van der Waals surface area contributed by atoms with Gasteiger partial charge in [0.15, 0.2) is 0 Å². The first-order chi connectivity index (χ1) is 15.1. The van der Waals surface area contributed by atoms with Crippen molar-refractivity contribution in [2.75, 3.05) is 43.5 Å². The van der Waals surface area contributed by atoms with E-state index in [1.165, 1.54) is 19.3 Å². The molecule has 1 unspecified atom stereocenters. The van der Waals surface area contributed by atoms with Crippen molar-refractivity contribution in [2.24, 2.45) is 0 Å². The quantitative estimate of drug-likeness (QED) is 0.369. The van der Waals surface area contributed by atoms with E-state index >= 15 is 0 Å². The van der Waals surface area contributed by atoms with Crippen LogP contribution in [0.2, 0.25) is 0 Å². The van der Waals surface area contributed by atoms with Crippen LogP contribution in [0.25, 0.3) is 0 Å². The van der Waals surface area contributed by atoms with Gasteiger partial charge in [-0.15, -0.1) is 0 Å². The number of hydrogen-bond donors (Lipinski definition) is 3. The van der Waals surface area contributed by atoms with Crippen molar-refractivity contribution in [3.05, 3.63) is 24.3 Å². The highest BCUT2D eigenvalue weighted by atomic mass is 16.5. The summed E-state index contributed by atoms with van der Waals surface area (Å²) in [6.45, 7) is 4.96. The van der Waals surface area contributed by atoms with E-state index < -0.39 is 6.04 Å². The summed E-state index contributed by atoms with van der Waals surface area (Å²) < 4.78 is 5.36. The molecule has 3 amide bonds. The number of carbonyl (C=O) groups is 3. The molecule has 0 aliphatic carbocycles. The van der Waals surface area contributed by atoms with E-state index in [4.69, 9.17) is 4.74 Å². The van der Waals surface area contributed by atoms with Crippen LogP contribution in [0.4, 0.5) is 11.4 Å². The highest BCUT2D eigenvalue weighted by Gasteiger charge is 2.26. The van der Waals surface area contributed by atoms with Gasteiger partial charge in [-0.25, -0.2) is 0 Å². The summed E-state index contributed by atoms with van der Waals surface area (Å²) in [5.74, 6) is -0.497. The highest BCUT2D eigenvalue weighted by molar-refractivity contribution is 6.01. The minimum atomic E-state index is -0.410. The van der Waals surface area contributed by atoms with Gasteiger partial charge < -0.3 is 15.4 Å². The zero-order chi connectivity index (χ0) is 21.9. The van der Waals surface area contributed by atoms with E-state index in [1.54, 1.807) is 0 Å². The van der Waals surface area contributed by atoms with Crippen molar-refractivity contribution >= 4 is 29.1 Å². The highest BCUT2D eigenvalue weighted by Crippen LogP contribution is 2.17. The van der Waals surface area contributed by atoms with Gasteiger partial charge in [-0.05, 0) is 50.1 Å². The molecule has 0 saturated carbocycles. The molecule has 31 heavy (non-hydrogen) atoms. The van der Waals surface area contributed by atoms with Gasteiger partial charge in [0.05, 0.1) is 13.2 Å². The van der Waals surface area contributed by atoms with Crippen molar-refractivity contribution in [3.63, 3.8) is 0 Å². The summed E-state index contributed by atoms with van der Waals surface area (Å²) in [6, 6.07) is 6.88. The van der Waals surface area contributed by atoms with Crippen LogP contribution in [0, 0.1) is 0 Å². The third-order valence-corrected chi connectivity index (χ3v) is 5.73. The topological polar surface area (TPSA) is 99.8 Å². The standard InChI is InChI=1S/C23H34N4O4/c28-21(6-4-2-1-3-5-13-27-14-16-31-17-15-27)25-19-9-7-18(8-10-19)24-20-11-12-22(29)26-23(20)30/h7-10,20,24H,1-6,11-17H2,(H,25,28)(H,26,29,30). The van der Waals surface area contributed by atoms with Gasteiger partial charge in [-0.1, -0.05) is 19.3 Å². The SMILES string of the molecule is O=C1CCC(Nc2ccc(NC(=O)CCCCCCCN3CCOCC3)cc2)C(=O)N1. The second kappa shape index (κ2) is 12.4. The summed E-state index contributed by atoms with van der Waals surface area (Å²) in [5.41, 5.74) is 1.52. The molecule has 3 N–H and O–H groups in total. The Hall–Kier alpha value is -2.45. The Bertz CT molecular complexity index is 732. The van der Waals surface area contributed by atoms with Crippen molar-refractivity contribution < 1.29 is 19.1 Å². The van der Waals surface area contributed by atoms with Gasteiger partial charge in [-0.2, -0.15) is 0 Å². The molecule has 8 nitrogen and oxygen atoms in total. The van der Waals surface area contributed by atoms with Crippen LogP contribution in [0.5, 0.6) is 0 Å². The fourth-order valence-electron chi connectivity index (χ4n) is 3.88. The Kier molecular flexibility index (Phi) is 9.30. The maximum Gasteiger partial charge on any atom is 0.249 e. The molecule has 1 atom stereocenters. The Morgan fingerprint density at radius 2 is 1.68 bits per heavy atom. The van der Waals surface area contributed by atoms with Gasteiger partial charge in [0.1, 0.15) is 6.04 Å². The van der Waals surface area contributed by atoms with E-state index in [1.807, 2.05) is 24.3 Å². The molecule has 2 fully saturated rings. The van der Waals surface area contributed by atoms with Crippen LogP contribution >= 0.6 is 0 Å². The third-order valence-electron chi connectivity index (χ3n) is 5.73. The van der Waals surface area contributed by atoms with Crippen molar-refractivity contribution in [1.82, 2.24) is 10.2 Å². The molecule has 0 aromatic heterocycles. The van der Waals surface area contributed by atoms with Crippen LogP contribution in [0.3, 0.4) is 0 Å². The van der Waals surface area contributed by atoms with E-state index in [0.29, 0.717) is 19.3 Å². The number of imide groups is 1. The first kappa shape index (κ1) is 23.2. The first-order valence-electron chi connectivity index (χ1n) is 11.4. The zero-order valence-corrected chi connectivity index (χ0v) is 18.2. The molecule has 1 aromatic rings. The fraction of sp³-hybridized carbons (Fsp3) is 0.609. The first-order valence-corrected chi connectivity index (χ1v) is 11.4. The van der Waals surface area contributed by atoms with Crippen molar-refractivity contribution in [1.29, 1.82) is 0 Å².